The first-order chi connectivity index (χ1) is 15.9. The number of hydrogen-bond acceptors (Lipinski definition) is 4. The Labute approximate surface area is 204 Å². The maximum absolute atomic E-state index is 13.7. The molecule has 0 aromatic heterocycles. The highest BCUT2D eigenvalue weighted by molar-refractivity contribution is 5.96. The summed E-state index contributed by atoms with van der Waals surface area (Å²) in [4.78, 5) is 44.9. The summed E-state index contributed by atoms with van der Waals surface area (Å²) in [6.07, 6.45) is 2.69. The van der Waals surface area contributed by atoms with E-state index in [0.717, 1.165) is 12.1 Å². The predicted molar refractivity (Wildman–Crippen MR) is 135 cm³/mol. The van der Waals surface area contributed by atoms with Crippen molar-refractivity contribution in [3.05, 3.63) is 30.3 Å². The van der Waals surface area contributed by atoms with Crippen LogP contribution in [0.5, 0.6) is 0 Å². The van der Waals surface area contributed by atoms with Crippen LogP contribution in [0, 0.1) is 11.3 Å². The number of likely N-dealkylation sites (tertiary alicyclic amines) is 1. The molecular weight excluding hydrogens is 428 g/mol. The maximum Gasteiger partial charge on any atom is 0.250 e. The number of nitrogens with zero attached hydrogens (tertiary/aromatic N) is 3. The lowest BCUT2D eigenvalue weighted by molar-refractivity contribution is -0.140. The van der Waals surface area contributed by atoms with E-state index >= 15 is 0 Å². The van der Waals surface area contributed by atoms with Crippen LogP contribution < -0.4 is 10.2 Å². The smallest absolute Gasteiger partial charge is 0.250 e. The molecule has 1 aromatic carbocycles. The van der Waals surface area contributed by atoms with Gasteiger partial charge in [-0.1, -0.05) is 45.9 Å². The van der Waals surface area contributed by atoms with Crippen LogP contribution in [0.1, 0.15) is 67.2 Å². The zero-order valence-corrected chi connectivity index (χ0v) is 21.8. The van der Waals surface area contributed by atoms with Gasteiger partial charge >= 0.3 is 0 Å². The summed E-state index contributed by atoms with van der Waals surface area (Å²) in [6.45, 7) is 14.1. The molecule has 7 heteroatoms. The van der Waals surface area contributed by atoms with Crippen molar-refractivity contribution in [2.75, 3.05) is 31.2 Å². The predicted octanol–water partition coefficient (Wildman–Crippen LogP) is 3.64. The van der Waals surface area contributed by atoms with Gasteiger partial charge in [-0.05, 0) is 56.6 Å². The van der Waals surface area contributed by atoms with E-state index < -0.39 is 5.54 Å². The average Bonchev–Trinajstić information content (AvgIpc) is 2.99. The number of carbonyl (C=O) groups excluding carboxylic acids is 3. The van der Waals surface area contributed by atoms with Crippen molar-refractivity contribution < 1.29 is 14.4 Å². The van der Waals surface area contributed by atoms with Gasteiger partial charge in [0.25, 0.3) is 5.91 Å². The second kappa shape index (κ2) is 10.4. The molecule has 2 aliphatic rings. The van der Waals surface area contributed by atoms with E-state index in [1.165, 1.54) is 0 Å². The highest BCUT2D eigenvalue weighted by Crippen LogP contribution is 2.39. The second-order valence-electron chi connectivity index (χ2n) is 11.6. The van der Waals surface area contributed by atoms with Crippen molar-refractivity contribution in [1.29, 1.82) is 0 Å². The number of piperidine rings is 1. The highest BCUT2D eigenvalue weighted by atomic mass is 16.2. The molecular formula is C27H42N4O3. The minimum atomic E-state index is -0.715. The summed E-state index contributed by atoms with van der Waals surface area (Å²) in [5.74, 6) is 0.348. The van der Waals surface area contributed by atoms with Crippen LogP contribution in [-0.4, -0.2) is 65.4 Å². The molecule has 1 aromatic rings. The molecule has 2 fully saturated rings. The number of para-hydroxylation sites is 1. The lowest BCUT2D eigenvalue weighted by atomic mass is 9.83. The quantitative estimate of drug-likeness (QED) is 0.660. The van der Waals surface area contributed by atoms with Crippen LogP contribution in [0.25, 0.3) is 0 Å². The molecule has 1 unspecified atom stereocenters. The SMILES string of the molecule is CC(CC(=O)N1CCC2(CC1)C(=O)N(CC(=O)NC(C)C)CN2c1ccccc1)CC(C)(C)C. The zero-order valence-electron chi connectivity index (χ0n) is 21.8. The lowest BCUT2D eigenvalue weighted by Gasteiger charge is -2.43. The van der Waals surface area contributed by atoms with Gasteiger partial charge in [-0.15, -0.1) is 0 Å². The molecule has 2 heterocycles. The largest absolute Gasteiger partial charge is 0.352 e. The van der Waals surface area contributed by atoms with Crippen molar-refractivity contribution in [3.8, 4) is 0 Å². The van der Waals surface area contributed by atoms with Gasteiger partial charge in [0.1, 0.15) is 12.1 Å². The van der Waals surface area contributed by atoms with Gasteiger partial charge in [-0.3, -0.25) is 14.4 Å². The Morgan fingerprint density at radius 2 is 1.68 bits per heavy atom. The molecule has 7 nitrogen and oxygen atoms in total. The third-order valence-corrected chi connectivity index (χ3v) is 6.79. The molecule has 0 saturated carbocycles. The summed E-state index contributed by atoms with van der Waals surface area (Å²) in [7, 11) is 0. The topological polar surface area (TPSA) is 73.0 Å². The van der Waals surface area contributed by atoms with Crippen molar-refractivity contribution >= 4 is 23.4 Å². The van der Waals surface area contributed by atoms with Gasteiger partial charge in [-0.25, -0.2) is 0 Å². The first kappa shape index (κ1) is 26.0. The van der Waals surface area contributed by atoms with E-state index in [0.29, 0.717) is 44.9 Å². The molecule has 3 rings (SSSR count). The Morgan fingerprint density at radius 3 is 2.24 bits per heavy atom. The zero-order chi connectivity index (χ0) is 25.1. The van der Waals surface area contributed by atoms with Crippen LogP contribution >= 0.6 is 0 Å². The molecule has 34 heavy (non-hydrogen) atoms. The van der Waals surface area contributed by atoms with E-state index in [9.17, 15) is 14.4 Å². The summed E-state index contributed by atoms with van der Waals surface area (Å²) in [6, 6.07) is 9.95. The van der Waals surface area contributed by atoms with Crippen molar-refractivity contribution in [2.45, 2.75) is 78.8 Å². The van der Waals surface area contributed by atoms with Crippen LogP contribution in [0.4, 0.5) is 5.69 Å². The molecule has 1 N–H and O–H groups in total. The monoisotopic (exact) mass is 470 g/mol. The molecule has 1 atom stereocenters. The Bertz CT molecular complexity index is 870. The van der Waals surface area contributed by atoms with Crippen LogP contribution in [0.15, 0.2) is 30.3 Å². The summed E-state index contributed by atoms with van der Waals surface area (Å²) >= 11 is 0. The summed E-state index contributed by atoms with van der Waals surface area (Å²) < 4.78 is 0. The Kier molecular flexibility index (Phi) is 7.94. The molecule has 2 aliphatic heterocycles. The maximum atomic E-state index is 13.7. The minimum absolute atomic E-state index is 0.0107. The molecule has 3 amide bonds. The standard InChI is InChI=1S/C27H42N4O3/c1-20(2)28-23(32)18-30-19-31(22-10-8-7-9-11-22)27(25(30)34)12-14-29(15-13-27)24(33)16-21(3)17-26(4,5)6/h7-11,20-21H,12-19H2,1-6H3,(H,28,32). The lowest BCUT2D eigenvalue weighted by Crippen LogP contribution is -2.57. The van der Waals surface area contributed by atoms with Crippen molar-refractivity contribution in [1.82, 2.24) is 15.1 Å². The van der Waals surface area contributed by atoms with Gasteiger partial charge in [0.05, 0.1) is 6.67 Å². The normalized spacial score (nSPS) is 19.1. The van der Waals surface area contributed by atoms with Crippen molar-refractivity contribution in [3.63, 3.8) is 0 Å². The number of benzene rings is 1. The third-order valence-electron chi connectivity index (χ3n) is 6.79. The average molecular weight is 471 g/mol. The molecule has 188 valence electrons. The van der Waals surface area contributed by atoms with E-state index in [-0.39, 0.29) is 35.7 Å². The fourth-order valence-electron chi connectivity index (χ4n) is 5.53. The minimum Gasteiger partial charge on any atom is -0.352 e. The first-order valence-corrected chi connectivity index (χ1v) is 12.6. The summed E-state index contributed by atoms with van der Waals surface area (Å²) in [5, 5.41) is 2.89. The number of anilines is 1. The van der Waals surface area contributed by atoms with Gasteiger partial charge in [0, 0.05) is 31.2 Å². The van der Waals surface area contributed by atoms with E-state index in [1.54, 1.807) is 4.90 Å². The van der Waals surface area contributed by atoms with Gasteiger partial charge in [-0.2, -0.15) is 0 Å². The Hall–Kier alpha value is -2.57. The van der Waals surface area contributed by atoms with Gasteiger partial charge in [0.2, 0.25) is 11.8 Å². The number of hydrogen-bond donors (Lipinski definition) is 1. The molecule has 0 radical (unpaired) electrons. The van der Waals surface area contributed by atoms with Crippen LogP contribution in [0.3, 0.4) is 0 Å². The highest BCUT2D eigenvalue weighted by Gasteiger charge is 2.54. The Morgan fingerprint density at radius 1 is 1.06 bits per heavy atom. The fraction of sp³-hybridized carbons (Fsp3) is 0.667. The van der Waals surface area contributed by atoms with E-state index in [4.69, 9.17) is 0 Å². The Balaban J connectivity index is 1.73. The second-order valence-corrected chi connectivity index (χ2v) is 11.6. The number of nitrogens with one attached hydrogen (secondary N) is 1. The molecule has 0 bridgehead atoms. The van der Waals surface area contributed by atoms with E-state index in [2.05, 4.69) is 37.9 Å². The summed E-state index contributed by atoms with van der Waals surface area (Å²) in [5.41, 5.74) is 0.456. The van der Waals surface area contributed by atoms with Gasteiger partial charge < -0.3 is 20.0 Å². The third kappa shape index (κ3) is 6.10. The van der Waals surface area contributed by atoms with E-state index in [1.807, 2.05) is 49.1 Å². The number of amides is 3. The fourth-order valence-corrected chi connectivity index (χ4v) is 5.53. The number of carbonyl (C=O) groups is 3. The van der Waals surface area contributed by atoms with Crippen molar-refractivity contribution in [2.24, 2.45) is 11.3 Å². The molecule has 1 spiro atoms. The number of rotatable bonds is 7. The van der Waals surface area contributed by atoms with Gasteiger partial charge in [0.15, 0.2) is 0 Å². The molecule has 2 saturated heterocycles. The van der Waals surface area contributed by atoms with Crippen LogP contribution in [-0.2, 0) is 14.4 Å². The first-order valence-electron chi connectivity index (χ1n) is 12.6. The molecule has 0 aliphatic carbocycles. The van der Waals surface area contributed by atoms with Crippen LogP contribution in [0.2, 0.25) is 0 Å².